The van der Waals surface area contributed by atoms with Crippen molar-refractivity contribution in [2.75, 3.05) is 0 Å². The highest BCUT2D eigenvalue weighted by molar-refractivity contribution is 5.08. The lowest BCUT2D eigenvalue weighted by Crippen LogP contribution is -2.02. The van der Waals surface area contributed by atoms with E-state index in [1.807, 2.05) is 12.2 Å². The van der Waals surface area contributed by atoms with Crippen molar-refractivity contribution in [1.29, 1.82) is 0 Å². The summed E-state index contributed by atoms with van der Waals surface area (Å²) in [5, 5.41) is 0. The Balaban J connectivity index is 3.49. The molecule has 0 aromatic heterocycles. The number of allylic oxidation sites excluding steroid dienone is 5. The van der Waals surface area contributed by atoms with Crippen molar-refractivity contribution in [3.63, 3.8) is 0 Å². The summed E-state index contributed by atoms with van der Waals surface area (Å²) >= 11 is 0. The molecule has 0 rings (SSSR count). The molecule has 0 spiro atoms. The molecule has 0 aliphatic carbocycles. The van der Waals surface area contributed by atoms with Crippen LogP contribution in [0.2, 0.25) is 0 Å². The molecule has 0 saturated carbocycles. The molecule has 0 amide bonds. The average molecular weight is 164 g/mol. The van der Waals surface area contributed by atoms with Crippen LogP contribution in [-0.2, 0) is 0 Å². The smallest absolute Gasteiger partial charge is 0.0343 e. The van der Waals surface area contributed by atoms with E-state index in [0.29, 0.717) is 5.41 Å². The number of hydrogen-bond donors (Lipinski definition) is 0. The van der Waals surface area contributed by atoms with Crippen LogP contribution in [0.15, 0.2) is 37.0 Å². The second-order valence-corrected chi connectivity index (χ2v) is 4.15. The molecular weight excluding hydrogens is 144 g/mol. The summed E-state index contributed by atoms with van der Waals surface area (Å²) in [5.74, 6) is 0. The second kappa shape index (κ2) is 5.82. The molecule has 0 aromatic rings. The van der Waals surface area contributed by atoms with Crippen molar-refractivity contribution in [1.82, 2.24) is 0 Å². The fourth-order valence-corrected chi connectivity index (χ4v) is 0.834. The highest BCUT2D eigenvalue weighted by Crippen LogP contribution is 2.20. The maximum Gasteiger partial charge on any atom is -0.0343 e. The van der Waals surface area contributed by atoms with Crippen LogP contribution in [0.5, 0.6) is 0 Å². The predicted octanol–water partition coefficient (Wildman–Crippen LogP) is 4.11. The van der Waals surface area contributed by atoms with E-state index in [0.717, 1.165) is 6.42 Å². The summed E-state index contributed by atoms with van der Waals surface area (Å²) in [4.78, 5) is 0. The van der Waals surface area contributed by atoms with Gasteiger partial charge in [-0.1, -0.05) is 57.7 Å². The van der Waals surface area contributed by atoms with Gasteiger partial charge in [0.1, 0.15) is 0 Å². The second-order valence-electron chi connectivity index (χ2n) is 4.15. The fraction of sp³-hybridized carbons (Fsp3) is 0.500. The Labute approximate surface area is 76.7 Å². The van der Waals surface area contributed by atoms with Crippen LogP contribution in [0, 0.1) is 5.41 Å². The molecule has 0 bridgehead atoms. The third-order valence-corrected chi connectivity index (χ3v) is 1.56. The third-order valence-electron chi connectivity index (χ3n) is 1.56. The van der Waals surface area contributed by atoms with E-state index in [9.17, 15) is 0 Å². The molecule has 68 valence electrons. The first-order valence-corrected chi connectivity index (χ1v) is 4.50. The summed E-state index contributed by atoms with van der Waals surface area (Å²) < 4.78 is 0. The van der Waals surface area contributed by atoms with Gasteiger partial charge in [-0.05, 0) is 18.3 Å². The van der Waals surface area contributed by atoms with Gasteiger partial charge in [0.25, 0.3) is 0 Å². The van der Waals surface area contributed by atoms with Crippen LogP contribution >= 0.6 is 0 Å². The molecule has 0 radical (unpaired) electrons. The molecule has 0 saturated heterocycles. The van der Waals surface area contributed by atoms with Crippen molar-refractivity contribution in [2.45, 2.75) is 33.6 Å². The van der Waals surface area contributed by atoms with Crippen LogP contribution in [-0.4, -0.2) is 0 Å². The van der Waals surface area contributed by atoms with Gasteiger partial charge in [-0.15, -0.1) is 0 Å². The predicted molar refractivity (Wildman–Crippen MR) is 57.2 cm³/mol. The van der Waals surface area contributed by atoms with E-state index in [-0.39, 0.29) is 0 Å². The van der Waals surface area contributed by atoms with E-state index < -0.39 is 0 Å². The molecule has 0 N–H and O–H groups in total. The summed E-state index contributed by atoms with van der Waals surface area (Å²) in [7, 11) is 0. The Hall–Kier alpha value is -0.780. The number of rotatable bonds is 4. The average Bonchev–Trinajstić information content (AvgIpc) is 1.94. The van der Waals surface area contributed by atoms with E-state index in [1.54, 1.807) is 6.08 Å². The summed E-state index contributed by atoms with van der Waals surface area (Å²) in [6.45, 7) is 10.4. The molecule has 0 aliphatic rings. The lowest BCUT2D eigenvalue weighted by Gasteiger charge is -2.15. The Bertz CT molecular complexity index is 165. The topological polar surface area (TPSA) is 0 Å². The molecule has 0 fully saturated rings. The zero-order valence-electron chi connectivity index (χ0n) is 8.51. The molecule has 12 heavy (non-hydrogen) atoms. The van der Waals surface area contributed by atoms with Gasteiger partial charge in [0.15, 0.2) is 0 Å². The van der Waals surface area contributed by atoms with E-state index in [2.05, 4.69) is 39.5 Å². The summed E-state index contributed by atoms with van der Waals surface area (Å²) in [5.41, 5.74) is 0.451. The monoisotopic (exact) mass is 164 g/mol. The first-order chi connectivity index (χ1) is 5.56. The summed E-state index contributed by atoms with van der Waals surface area (Å²) in [6, 6.07) is 0. The van der Waals surface area contributed by atoms with E-state index >= 15 is 0 Å². The normalized spacial score (nSPS) is 12.9. The van der Waals surface area contributed by atoms with Gasteiger partial charge in [0.05, 0.1) is 0 Å². The molecule has 0 nitrogen and oxygen atoms in total. The van der Waals surface area contributed by atoms with Crippen molar-refractivity contribution in [3.05, 3.63) is 37.0 Å². The fourth-order valence-electron chi connectivity index (χ4n) is 0.834. The minimum absolute atomic E-state index is 0.451. The lowest BCUT2D eigenvalue weighted by atomic mass is 9.90. The van der Waals surface area contributed by atoms with Crippen molar-refractivity contribution < 1.29 is 0 Å². The maximum absolute atomic E-state index is 3.60. The minimum Gasteiger partial charge on any atom is -0.0991 e. The molecule has 0 heterocycles. The Kier molecular flexibility index (Phi) is 5.44. The molecule has 0 aromatic carbocycles. The van der Waals surface area contributed by atoms with E-state index in [1.165, 1.54) is 6.42 Å². The van der Waals surface area contributed by atoms with Crippen LogP contribution in [0.3, 0.4) is 0 Å². The van der Waals surface area contributed by atoms with Gasteiger partial charge in [0.2, 0.25) is 0 Å². The largest absolute Gasteiger partial charge is 0.0991 e. The van der Waals surface area contributed by atoms with Gasteiger partial charge in [-0.3, -0.25) is 0 Å². The van der Waals surface area contributed by atoms with Crippen molar-refractivity contribution in [2.24, 2.45) is 5.41 Å². The van der Waals surface area contributed by atoms with Gasteiger partial charge in [-0.2, -0.15) is 0 Å². The quantitative estimate of drug-likeness (QED) is 0.548. The highest BCUT2D eigenvalue weighted by atomic mass is 14.1. The van der Waals surface area contributed by atoms with Crippen LogP contribution in [0.4, 0.5) is 0 Å². The molecule has 0 atom stereocenters. The van der Waals surface area contributed by atoms with Gasteiger partial charge < -0.3 is 0 Å². The molecular formula is C12H20. The Morgan fingerprint density at radius 3 is 2.25 bits per heavy atom. The molecule has 0 heteroatoms. The van der Waals surface area contributed by atoms with Crippen LogP contribution in [0.25, 0.3) is 0 Å². The van der Waals surface area contributed by atoms with Gasteiger partial charge in [0, 0.05) is 0 Å². The Morgan fingerprint density at radius 1 is 1.08 bits per heavy atom. The first-order valence-electron chi connectivity index (χ1n) is 4.50. The zero-order chi connectivity index (χ0) is 9.45. The standard InChI is InChI=1S/C12H20/c1-5-6-7-8-9-10-11-12(2,3)4/h5-9H,1,10-11H2,2-4H3. The van der Waals surface area contributed by atoms with Crippen LogP contribution < -0.4 is 0 Å². The zero-order valence-corrected chi connectivity index (χ0v) is 8.51. The van der Waals surface area contributed by atoms with Crippen molar-refractivity contribution in [3.8, 4) is 0 Å². The lowest BCUT2D eigenvalue weighted by molar-refractivity contribution is 0.381. The van der Waals surface area contributed by atoms with Crippen LogP contribution in [0.1, 0.15) is 33.6 Å². The maximum atomic E-state index is 3.60. The molecule has 0 aliphatic heterocycles. The Morgan fingerprint density at radius 2 is 1.75 bits per heavy atom. The first kappa shape index (κ1) is 11.2. The van der Waals surface area contributed by atoms with Gasteiger partial charge in [-0.25, -0.2) is 0 Å². The van der Waals surface area contributed by atoms with Crippen molar-refractivity contribution >= 4 is 0 Å². The SMILES string of the molecule is C=CC=CC=CCCC(C)(C)C. The highest BCUT2D eigenvalue weighted by Gasteiger charge is 2.06. The molecule has 0 unspecified atom stereocenters. The third kappa shape index (κ3) is 9.22. The van der Waals surface area contributed by atoms with E-state index in [4.69, 9.17) is 0 Å². The number of hydrogen-bond acceptors (Lipinski definition) is 0. The summed E-state index contributed by atoms with van der Waals surface area (Å²) in [6.07, 6.45) is 12.4. The minimum atomic E-state index is 0.451. The van der Waals surface area contributed by atoms with Gasteiger partial charge >= 0.3 is 0 Å².